The lowest BCUT2D eigenvalue weighted by atomic mass is 10.1. The lowest BCUT2D eigenvalue weighted by Crippen LogP contribution is -2.55. The average Bonchev–Trinajstić information content (AvgIpc) is 2.78. The topological polar surface area (TPSA) is 79.0 Å². The first kappa shape index (κ1) is 23.5. The Balaban J connectivity index is 1.83. The monoisotopic (exact) mass is 465 g/mol. The molecule has 1 fully saturated rings. The van der Waals surface area contributed by atoms with Crippen molar-refractivity contribution in [3.63, 3.8) is 0 Å². The number of nitrogens with zero attached hydrogens (tertiary/aromatic N) is 2. The van der Waals surface area contributed by atoms with E-state index in [9.17, 15) is 13.2 Å². The molecule has 1 saturated heterocycles. The van der Waals surface area contributed by atoms with E-state index >= 15 is 0 Å². The summed E-state index contributed by atoms with van der Waals surface area (Å²) < 4.78 is 33.9. The van der Waals surface area contributed by atoms with E-state index in [4.69, 9.17) is 16.3 Å². The summed E-state index contributed by atoms with van der Waals surface area (Å²) in [4.78, 5) is 17.3. The van der Waals surface area contributed by atoms with Gasteiger partial charge >= 0.3 is 0 Å². The van der Waals surface area contributed by atoms with E-state index in [0.29, 0.717) is 18.8 Å². The van der Waals surface area contributed by atoms with Gasteiger partial charge in [0.2, 0.25) is 15.9 Å². The van der Waals surface area contributed by atoms with Crippen LogP contribution in [0.5, 0.6) is 5.75 Å². The summed E-state index contributed by atoms with van der Waals surface area (Å²) in [5.74, 6) is 0.161. The number of carbonyl (C=O) groups excluding carboxylic acids is 1. The van der Waals surface area contributed by atoms with E-state index in [1.807, 2.05) is 30.3 Å². The molecule has 0 aliphatic carbocycles. The van der Waals surface area contributed by atoms with Gasteiger partial charge in [-0.3, -0.25) is 4.79 Å². The molecule has 1 aliphatic rings. The van der Waals surface area contributed by atoms with Crippen LogP contribution in [-0.4, -0.2) is 70.0 Å². The maximum Gasteiger partial charge on any atom is 0.241 e. The predicted molar refractivity (Wildman–Crippen MR) is 121 cm³/mol. The number of nitrogens with one attached hydrogen (secondary N) is 1. The van der Waals surface area contributed by atoms with Crippen molar-refractivity contribution >= 4 is 27.5 Å². The summed E-state index contributed by atoms with van der Waals surface area (Å²) in [7, 11) is -2.52. The number of hydrogen-bond acceptors (Lipinski definition) is 5. The minimum absolute atomic E-state index is 0.0139. The summed E-state index contributed by atoms with van der Waals surface area (Å²) in [6.07, 6.45) is 0.261. The highest BCUT2D eigenvalue weighted by molar-refractivity contribution is 7.89. The van der Waals surface area contributed by atoms with Crippen molar-refractivity contribution in [2.24, 2.45) is 0 Å². The number of halogens is 1. The molecule has 1 amide bonds. The summed E-state index contributed by atoms with van der Waals surface area (Å²) in [5.41, 5.74) is 0.878. The van der Waals surface area contributed by atoms with Gasteiger partial charge in [0.1, 0.15) is 11.8 Å². The molecule has 0 aromatic heterocycles. The van der Waals surface area contributed by atoms with Gasteiger partial charge in [-0.2, -0.15) is 4.72 Å². The number of ether oxygens (including phenoxy) is 1. The second kappa shape index (κ2) is 10.5. The minimum atomic E-state index is -3.97. The van der Waals surface area contributed by atoms with Crippen LogP contribution in [-0.2, 0) is 21.2 Å². The highest BCUT2D eigenvalue weighted by Gasteiger charge is 2.31. The fourth-order valence-corrected chi connectivity index (χ4v) is 5.14. The number of carbonyl (C=O) groups is 1. The van der Waals surface area contributed by atoms with Crippen molar-refractivity contribution in [2.75, 3.05) is 39.8 Å². The quantitative estimate of drug-likeness (QED) is 0.647. The number of likely N-dealkylation sites (N-methyl/N-ethyl adjacent to an activating group) is 1. The molecule has 1 unspecified atom stereocenters. The van der Waals surface area contributed by atoms with Crippen LogP contribution >= 0.6 is 11.6 Å². The van der Waals surface area contributed by atoms with Crippen LogP contribution in [0, 0.1) is 0 Å². The van der Waals surface area contributed by atoms with Crippen LogP contribution in [0.25, 0.3) is 0 Å². The standard InChI is InChI=1S/C22H28ClN3O4S/c1-3-25-11-13-26(14-12-25)22(27)20(15-17-7-5-4-6-8-17)24-31(28,29)18-9-10-21(30-2)19(23)16-18/h4-10,16,20,24H,3,11-15H2,1-2H3. The van der Waals surface area contributed by atoms with Gasteiger partial charge in [-0.15, -0.1) is 0 Å². The van der Waals surface area contributed by atoms with Crippen molar-refractivity contribution in [1.82, 2.24) is 14.5 Å². The normalized spacial score (nSPS) is 16.2. The summed E-state index contributed by atoms with van der Waals surface area (Å²) in [5, 5.41) is 0.187. The van der Waals surface area contributed by atoms with E-state index in [2.05, 4.69) is 16.5 Å². The zero-order chi connectivity index (χ0) is 22.4. The van der Waals surface area contributed by atoms with E-state index < -0.39 is 16.1 Å². The molecule has 0 bridgehead atoms. The van der Waals surface area contributed by atoms with Crippen molar-refractivity contribution in [1.29, 1.82) is 0 Å². The van der Waals surface area contributed by atoms with E-state index in [1.54, 1.807) is 4.90 Å². The molecule has 2 aromatic rings. The molecule has 168 valence electrons. The van der Waals surface area contributed by atoms with Gasteiger partial charge in [0.05, 0.1) is 17.0 Å². The highest BCUT2D eigenvalue weighted by Crippen LogP contribution is 2.27. The number of hydrogen-bond donors (Lipinski definition) is 1. The molecule has 1 atom stereocenters. The van der Waals surface area contributed by atoms with E-state index in [-0.39, 0.29) is 22.2 Å². The van der Waals surface area contributed by atoms with Gasteiger partial charge in [-0.05, 0) is 36.7 Å². The molecule has 0 saturated carbocycles. The largest absolute Gasteiger partial charge is 0.495 e. The molecule has 31 heavy (non-hydrogen) atoms. The van der Waals surface area contributed by atoms with Crippen LogP contribution in [0.2, 0.25) is 5.02 Å². The Hall–Kier alpha value is -2.13. The predicted octanol–water partition coefficient (Wildman–Crippen LogP) is 2.40. The van der Waals surface area contributed by atoms with Gasteiger partial charge in [0, 0.05) is 26.2 Å². The molecule has 7 nitrogen and oxygen atoms in total. The third kappa shape index (κ3) is 5.98. The lowest BCUT2D eigenvalue weighted by molar-refractivity contribution is -0.134. The first-order chi connectivity index (χ1) is 14.8. The van der Waals surface area contributed by atoms with Gasteiger partial charge < -0.3 is 14.5 Å². The van der Waals surface area contributed by atoms with Crippen molar-refractivity contribution in [3.8, 4) is 5.75 Å². The Morgan fingerprint density at radius 2 is 1.81 bits per heavy atom. The van der Waals surface area contributed by atoms with Crippen molar-refractivity contribution < 1.29 is 17.9 Å². The molecule has 0 spiro atoms. The Labute approximate surface area is 189 Å². The molecule has 3 rings (SSSR count). The average molecular weight is 466 g/mol. The minimum Gasteiger partial charge on any atom is -0.495 e. The molecule has 9 heteroatoms. The zero-order valence-electron chi connectivity index (χ0n) is 17.8. The summed E-state index contributed by atoms with van der Waals surface area (Å²) in [6.45, 7) is 5.73. The van der Waals surface area contributed by atoms with Crippen molar-refractivity contribution in [3.05, 3.63) is 59.1 Å². The number of sulfonamides is 1. The van der Waals surface area contributed by atoms with E-state index in [0.717, 1.165) is 25.2 Å². The second-order valence-corrected chi connectivity index (χ2v) is 9.54. The van der Waals surface area contributed by atoms with E-state index in [1.165, 1.54) is 25.3 Å². The van der Waals surface area contributed by atoms with Crippen LogP contribution in [0.4, 0.5) is 0 Å². The zero-order valence-corrected chi connectivity index (χ0v) is 19.3. The number of amides is 1. The summed E-state index contributed by atoms with van der Waals surface area (Å²) >= 11 is 6.12. The Bertz CT molecular complexity index is 993. The molecule has 1 aliphatic heterocycles. The highest BCUT2D eigenvalue weighted by atomic mass is 35.5. The fourth-order valence-electron chi connectivity index (χ4n) is 3.60. The van der Waals surface area contributed by atoms with Crippen molar-refractivity contribution in [2.45, 2.75) is 24.3 Å². The molecule has 1 N–H and O–H groups in total. The Kier molecular flexibility index (Phi) is 7.94. The van der Waals surface area contributed by atoms with Crippen LogP contribution < -0.4 is 9.46 Å². The Morgan fingerprint density at radius 1 is 1.13 bits per heavy atom. The fraction of sp³-hybridized carbons (Fsp3) is 0.409. The number of methoxy groups -OCH3 is 1. The first-order valence-corrected chi connectivity index (χ1v) is 12.1. The maximum absolute atomic E-state index is 13.3. The van der Waals surface area contributed by atoms with Gasteiger partial charge in [0.25, 0.3) is 0 Å². The smallest absolute Gasteiger partial charge is 0.241 e. The van der Waals surface area contributed by atoms with Crippen LogP contribution in [0.15, 0.2) is 53.4 Å². The van der Waals surface area contributed by atoms with Gasteiger partial charge in [0.15, 0.2) is 0 Å². The molecule has 0 radical (unpaired) electrons. The van der Waals surface area contributed by atoms with Crippen LogP contribution in [0.1, 0.15) is 12.5 Å². The maximum atomic E-state index is 13.3. The van der Waals surface area contributed by atoms with Gasteiger partial charge in [-0.1, -0.05) is 48.9 Å². The Morgan fingerprint density at radius 3 is 2.39 bits per heavy atom. The molecule has 2 aromatic carbocycles. The third-order valence-corrected chi connectivity index (χ3v) is 7.21. The lowest BCUT2D eigenvalue weighted by Gasteiger charge is -2.36. The second-order valence-electron chi connectivity index (χ2n) is 7.42. The molecule has 1 heterocycles. The van der Waals surface area contributed by atoms with Gasteiger partial charge in [-0.25, -0.2) is 8.42 Å². The number of benzene rings is 2. The SMILES string of the molecule is CCN1CCN(C(=O)C(Cc2ccccc2)NS(=O)(=O)c2ccc(OC)c(Cl)c2)CC1. The first-order valence-electron chi connectivity index (χ1n) is 10.2. The molecular formula is C22H28ClN3O4S. The third-order valence-electron chi connectivity index (χ3n) is 5.44. The number of rotatable bonds is 8. The summed E-state index contributed by atoms with van der Waals surface area (Å²) in [6, 6.07) is 12.7. The van der Waals surface area contributed by atoms with Crippen LogP contribution in [0.3, 0.4) is 0 Å². The molecular weight excluding hydrogens is 438 g/mol. The number of piperazine rings is 1.